The molecule has 0 aliphatic carbocycles. The molecule has 1 aromatic heterocycles. The Kier molecular flexibility index (Phi) is 4.27. The van der Waals surface area contributed by atoms with Crippen LogP contribution in [0, 0.1) is 0 Å². The van der Waals surface area contributed by atoms with Gasteiger partial charge in [0.25, 0.3) is 0 Å². The van der Waals surface area contributed by atoms with Crippen LogP contribution < -0.4 is 0 Å². The summed E-state index contributed by atoms with van der Waals surface area (Å²) < 4.78 is 0. The average Bonchev–Trinajstić information content (AvgIpc) is 2.51. The molecule has 3 aromatic rings. The predicted molar refractivity (Wildman–Crippen MR) is 90.9 cm³/mol. The summed E-state index contributed by atoms with van der Waals surface area (Å²) in [5.41, 5.74) is 3.16. The average molecular weight is 331 g/mol. The Morgan fingerprint density at radius 1 is 1.00 bits per heavy atom. The first-order valence-corrected chi connectivity index (χ1v) is 7.36. The fourth-order valence-electron chi connectivity index (χ4n) is 2.25. The summed E-state index contributed by atoms with van der Waals surface area (Å²) in [4.78, 5) is 9.43. The summed E-state index contributed by atoms with van der Waals surface area (Å²) in [7, 11) is 1.50. The van der Waals surface area contributed by atoms with Crippen molar-refractivity contribution in [2.24, 2.45) is 5.16 Å². The molecule has 0 aliphatic rings. The van der Waals surface area contributed by atoms with Crippen LogP contribution in [0.15, 0.2) is 59.9 Å². The quantitative estimate of drug-likeness (QED) is 0.503. The van der Waals surface area contributed by atoms with Crippen LogP contribution in [0.1, 0.15) is 11.1 Å². The minimum absolute atomic E-state index is 0.542. The molecule has 0 spiro atoms. The van der Waals surface area contributed by atoms with Crippen molar-refractivity contribution in [2.45, 2.75) is 0 Å². The molecule has 5 heteroatoms. The molecule has 0 unspecified atom stereocenters. The van der Waals surface area contributed by atoms with Gasteiger partial charge < -0.3 is 4.84 Å². The van der Waals surface area contributed by atoms with Crippen molar-refractivity contribution in [3.63, 3.8) is 0 Å². The molecule has 3 nitrogen and oxygen atoms in total. The van der Waals surface area contributed by atoms with Gasteiger partial charge in [0.15, 0.2) is 0 Å². The minimum atomic E-state index is 0.542. The number of para-hydroxylation sites is 1. The number of pyridine rings is 1. The molecule has 2 aromatic carbocycles. The lowest BCUT2D eigenvalue weighted by molar-refractivity contribution is 0.214. The van der Waals surface area contributed by atoms with Crippen molar-refractivity contribution in [2.75, 3.05) is 7.11 Å². The Labute approximate surface area is 138 Å². The van der Waals surface area contributed by atoms with Crippen LogP contribution in [-0.2, 0) is 4.84 Å². The van der Waals surface area contributed by atoms with E-state index in [0.29, 0.717) is 15.8 Å². The highest BCUT2D eigenvalue weighted by molar-refractivity contribution is 6.35. The summed E-state index contributed by atoms with van der Waals surface area (Å²) >= 11 is 12.2. The van der Waals surface area contributed by atoms with Crippen LogP contribution in [0.5, 0.6) is 0 Å². The van der Waals surface area contributed by atoms with Crippen LogP contribution in [0.3, 0.4) is 0 Å². The predicted octanol–water partition coefficient (Wildman–Crippen LogP) is 4.94. The molecule has 0 N–H and O–H groups in total. The molecule has 0 radical (unpaired) electrons. The standard InChI is InChI=1S/C17H12Cl2N2O/c1-22-21-17(12-7-14(18)9-15(19)8-12)13-6-11-4-2-3-5-16(11)20-10-13/h2-10H,1H3. The summed E-state index contributed by atoms with van der Waals surface area (Å²) in [6.45, 7) is 0. The van der Waals surface area contributed by atoms with E-state index in [4.69, 9.17) is 28.0 Å². The number of aromatic nitrogens is 1. The van der Waals surface area contributed by atoms with Gasteiger partial charge in [-0.25, -0.2) is 0 Å². The molecular weight excluding hydrogens is 319 g/mol. The highest BCUT2D eigenvalue weighted by Crippen LogP contribution is 2.23. The van der Waals surface area contributed by atoms with Gasteiger partial charge >= 0.3 is 0 Å². The Bertz CT molecular complexity index is 842. The van der Waals surface area contributed by atoms with Crippen molar-refractivity contribution in [3.8, 4) is 0 Å². The topological polar surface area (TPSA) is 34.5 Å². The fourth-order valence-corrected chi connectivity index (χ4v) is 2.78. The van der Waals surface area contributed by atoms with Crippen molar-refractivity contribution in [1.29, 1.82) is 0 Å². The highest BCUT2D eigenvalue weighted by Gasteiger charge is 2.11. The van der Waals surface area contributed by atoms with Gasteiger partial charge in [0.2, 0.25) is 0 Å². The van der Waals surface area contributed by atoms with Gasteiger partial charge in [0, 0.05) is 32.8 Å². The molecule has 0 atom stereocenters. The van der Waals surface area contributed by atoms with Gasteiger partial charge in [-0.15, -0.1) is 0 Å². The van der Waals surface area contributed by atoms with Gasteiger partial charge in [-0.2, -0.15) is 0 Å². The lowest BCUT2D eigenvalue weighted by Crippen LogP contribution is -2.05. The van der Waals surface area contributed by atoms with E-state index < -0.39 is 0 Å². The molecule has 0 amide bonds. The van der Waals surface area contributed by atoms with Crippen LogP contribution >= 0.6 is 23.2 Å². The van der Waals surface area contributed by atoms with Crippen LogP contribution in [0.2, 0.25) is 10.0 Å². The van der Waals surface area contributed by atoms with Crippen molar-refractivity contribution in [1.82, 2.24) is 4.98 Å². The monoisotopic (exact) mass is 330 g/mol. The summed E-state index contributed by atoms with van der Waals surface area (Å²) in [6, 6.07) is 15.2. The molecule has 0 fully saturated rings. The van der Waals surface area contributed by atoms with E-state index in [2.05, 4.69) is 10.1 Å². The summed E-state index contributed by atoms with van der Waals surface area (Å²) in [5, 5.41) is 6.22. The third-order valence-corrected chi connectivity index (χ3v) is 3.62. The second-order valence-electron chi connectivity index (χ2n) is 4.70. The maximum absolute atomic E-state index is 6.08. The van der Waals surface area contributed by atoms with Crippen molar-refractivity contribution in [3.05, 3.63) is 75.9 Å². The van der Waals surface area contributed by atoms with Gasteiger partial charge in [0.05, 0.1) is 5.52 Å². The van der Waals surface area contributed by atoms with E-state index in [1.165, 1.54) is 7.11 Å². The van der Waals surface area contributed by atoms with E-state index in [1.807, 2.05) is 30.3 Å². The number of nitrogens with zero attached hydrogens (tertiary/aromatic N) is 2. The molecule has 3 rings (SSSR count). The Hall–Kier alpha value is -2.10. The third-order valence-electron chi connectivity index (χ3n) is 3.18. The molecule has 0 saturated carbocycles. The van der Waals surface area contributed by atoms with E-state index in [1.54, 1.807) is 24.4 Å². The first-order chi connectivity index (χ1) is 10.7. The van der Waals surface area contributed by atoms with Crippen LogP contribution in [0.4, 0.5) is 0 Å². The van der Waals surface area contributed by atoms with Crippen molar-refractivity contribution < 1.29 is 4.84 Å². The number of oxime groups is 1. The third kappa shape index (κ3) is 3.06. The van der Waals surface area contributed by atoms with E-state index in [0.717, 1.165) is 22.0 Å². The zero-order valence-electron chi connectivity index (χ0n) is 11.8. The van der Waals surface area contributed by atoms with Gasteiger partial charge in [-0.3, -0.25) is 4.98 Å². The van der Waals surface area contributed by atoms with Crippen LogP contribution in [0.25, 0.3) is 10.9 Å². The largest absolute Gasteiger partial charge is 0.399 e. The molecular formula is C17H12Cl2N2O. The maximum Gasteiger partial charge on any atom is 0.118 e. The number of fused-ring (bicyclic) bond motifs is 1. The minimum Gasteiger partial charge on any atom is -0.399 e. The lowest BCUT2D eigenvalue weighted by atomic mass is 10.0. The van der Waals surface area contributed by atoms with Gasteiger partial charge in [0.1, 0.15) is 12.8 Å². The molecule has 0 bridgehead atoms. The van der Waals surface area contributed by atoms with Gasteiger partial charge in [-0.05, 0) is 30.3 Å². The van der Waals surface area contributed by atoms with Crippen molar-refractivity contribution >= 4 is 39.8 Å². The second-order valence-corrected chi connectivity index (χ2v) is 5.57. The smallest absolute Gasteiger partial charge is 0.118 e. The first-order valence-electron chi connectivity index (χ1n) is 6.60. The Morgan fingerprint density at radius 3 is 2.45 bits per heavy atom. The zero-order chi connectivity index (χ0) is 15.5. The van der Waals surface area contributed by atoms with E-state index >= 15 is 0 Å². The van der Waals surface area contributed by atoms with E-state index in [9.17, 15) is 0 Å². The Balaban J connectivity index is 2.15. The second kappa shape index (κ2) is 6.34. The lowest BCUT2D eigenvalue weighted by Gasteiger charge is -2.08. The Morgan fingerprint density at radius 2 is 1.73 bits per heavy atom. The zero-order valence-corrected chi connectivity index (χ0v) is 13.3. The highest BCUT2D eigenvalue weighted by atomic mass is 35.5. The molecule has 110 valence electrons. The molecule has 22 heavy (non-hydrogen) atoms. The fraction of sp³-hybridized carbons (Fsp3) is 0.0588. The maximum atomic E-state index is 6.08. The van der Waals surface area contributed by atoms with Crippen LogP contribution in [-0.4, -0.2) is 17.8 Å². The number of hydrogen-bond acceptors (Lipinski definition) is 3. The number of hydrogen-bond donors (Lipinski definition) is 0. The number of halogens is 2. The summed E-state index contributed by atoms with van der Waals surface area (Å²) in [6.07, 6.45) is 1.76. The van der Waals surface area contributed by atoms with Gasteiger partial charge in [-0.1, -0.05) is 46.6 Å². The molecule has 0 saturated heterocycles. The first kappa shape index (κ1) is 14.8. The molecule has 1 heterocycles. The summed E-state index contributed by atoms with van der Waals surface area (Å²) in [5.74, 6) is 0. The SMILES string of the molecule is CON=C(c1cc(Cl)cc(Cl)c1)c1cnc2ccccc2c1. The molecule has 0 aliphatic heterocycles. The van der Waals surface area contributed by atoms with E-state index in [-0.39, 0.29) is 0 Å². The number of rotatable bonds is 3. The number of benzene rings is 2. The normalized spacial score (nSPS) is 11.7.